The minimum atomic E-state index is 0.0367. The van der Waals surface area contributed by atoms with E-state index in [9.17, 15) is 4.79 Å². The molecule has 1 amide bonds. The van der Waals surface area contributed by atoms with Gasteiger partial charge in [-0.2, -0.15) is 5.10 Å². The van der Waals surface area contributed by atoms with Crippen molar-refractivity contribution in [2.24, 2.45) is 0 Å². The second kappa shape index (κ2) is 5.50. The number of carbonyl (C=O) groups is 1. The maximum Gasteiger partial charge on any atom is 0.259 e. The summed E-state index contributed by atoms with van der Waals surface area (Å²) in [6.45, 7) is 3.40. The van der Waals surface area contributed by atoms with E-state index in [2.05, 4.69) is 34.3 Å². The smallest absolute Gasteiger partial charge is 0.259 e. The van der Waals surface area contributed by atoms with Gasteiger partial charge in [0.05, 0.1) is 5.69 Å². The van der Waals surface area contributed by atoms with Gasteiger partial charge in [-0.25, -0.2) is 9.50 Å². The predicted molar refractivity (Wildman–Crippen MR) is 87.4 cm³/mol. The summed E-state index contributed by atoms with van der Waals surface area (Å²) in [5.41, 5.74) is 3.30. The molecule has 23 heavy (non-hydrogen) atoms. The van der Waals surface area contributed by atoms with Gasteiger partial charge in [-0.1, -0.05) is 30.3 Å². The highest BCUT2D eigenvalue weighted by atomic mass is 16.2. The maximum atomic E-state index is 13.0. The molecule has 1 aromatic carbocycles. The zero-order chi connectivity index (χ0) is 15.8. The van der Waals surface area contributed by atoms with Crippen LogP contribution in [0.3, 0.4) is 0 Å². The lowest BCUT2D eigenvalue weighted by Crippen LogP contribution is -2.29. The van der Waals surface area contributed by atoms with Crippen LogP contribution in [-0.4, -0.2) is 38.5 Å². The van der Waals surface area contributed by atoms with Gasteiger partial charge in [-0.15, -0.1) is 0 Å². The van der Waals surface area contributed by atoms with Crippen molar-refractivity contribution < 1.29 is 4.79 Å². The van der Waals surface area contributed by atoms with Crippen molar-refractivity contribution in [2.75, 3.05) is 13.1 Å². The van der Waals surface area contributed by atoms with Crippen molar-refractivity contribution in [3.63, 3.8) is 0 Å². The Morgan fingerprint density at radius 1 is 1.22 bits per heavy atom. The summed E-state index contributed by atoms with van der Waals surface area (Å²) in [6.07, 6.45) is 4.52. The molecule has 5 nitrogen and oxygen atoms in total. The summed E-state index contributed by atoms with van der Waals surface area (Å²) < 4.78 is 1.67. The van der Waals surface area contributed by atoms with E-state index in [0.29, 0.717) is 17.1 Å². The Balaban J connectivity index is 1.61. The number of aromatic nitrogens is 3. The lowest BCUT2D eigenvalue weighted by molar-refractivity contribution is 0.0792. The highest BCUT2D eigenvalue weighted by molar-refractivity contribution is 6.01. The summed E-state index contributed by atoms with van der Waals surface area (Å²) in [7, 11) is 0. The number of hydrogen-bond acceptors (Lipinski definition) is 3. The third-order valence-electron chi connectivity index (χ3n) is 4.53. The number of rotatable bonds is 2. The van der Waals surface area contributed by atoms with Gasteiger partial charge in [0.2, 0.25) is 0 Å². The molecule has 3 aromatic rings. The predicted octanol–water partition coefficient (Wildman–Crippen LogP) is 2.67. The van der Waals surface area contributed by atoms with Gasteiger partial charge >= 0.3 is 0 Å². The van der Waals surface area contributed by atoms with Crippen LogP contribution in [0, 0.1) is 6.92 Å². The standard InChI is InChI=1S/C18H18N4O/c1-13-16(17-19-9-5-10-22(17)20-13)18(23)21-11-8-15(12-21)14-6-3-2-4-7-14/h2-7,9-10,15H,8,11-12H2,1H3. The van der Waals surface area contributed by atoms with Crippen molar-refractivity contribution in [1.29, 1.82) is 0 Å². The van der Waals surface area contributed by atoms with Gasteiger partial charge in [-0.3, -0.25) is 4.79 Å². The molecule has 5 heteroatoms. The van der Waals surface area contributed by atoms with E-state index in [1.165, 1.54) is 5.56 Å². The molecule has 1 fully saturated rings. The molecule has 0 radical (unpaired) electrons. The van der Waals surface area contributed by atoms with Crippen LogP contribution in [-0.2, 0) is 0 Å². The molecule has 2 aromatic heterocycles. The molecule has 116 valence electrons. The molecule has 3 heterocycles. The van der Waals surface area contributed by atoms with E-state index < -0.39 is 0 Å². The number of hydrogen-bond donors (Lipinski definition) is 0. The molecule has 0 spiro atoms. The number of carbonyl (C=O) groups excluding carboxylic acids is 1. The van der Waals surface area contributed by atoms with Gasteiger partial charge in [0.15, 0.2) is 5.65 Å². The number of fused-ring (bicyclic) bond motifs is 1. The van der Waals surface area contributed by atoms with Gasteiger partial charge in [0, 0.05) is 31.4 Å². The molecule has 1 unspecified atom stereocenters. The summed E-state index contributed by atoms with van der Waals surface area (Å²) in [5, 5.41) is 4.39. The topological polar surface area (TPSA) is 50.5 Å². The highest BCUT2D eigenvalue weighted by Gasteiger charge is 2.30. The first kappa shape index (κ1) is 13.9. The molecule has 0 saturated carbocycles. The van der Waals surface area contributed by atoms with Crippen LogP contribution >= 0.6 is 0 Å². The van der Waals surface area contributed by atoms with E-state index in [1.54, 1.807) is 10.7 Å². The Kier molecular flexibility index (Phi) is 3.33. The number of nitrogens with zero attached hydrogens (tertiary/aromatic N) is 4. The van der Waals surface area contributed by atoms with Gasteiger partial charge in [0.25, 0.3) is 5.91 Å². The SMILES string of the molecule is Cc1nn2cccnc2c1C(=O)N1CCC(c2ccccc2)C1. The van der Waals surface area contributed by atoms with Gasteiger partial charge in [-0.05, 0) is 25.0 Å². The monoisotopic (exact) mass is 306 g/mol. The molecule has 0 aliphatic carbocycles. The third kappa shape index (κ3) is 2.38. The third-order valence-corrected chi connectivity index (χ3v) is 4.53. The molecule has 0 N–H and O–H groups in total. The quantitative estimate of drug-likeness (QED) is 0.731. The first-order chi connectivity index (χ1) is 11.2. The number of amides is 1. The van der Waals surface area contributed by atoms with E-state index in [-0.39, 0.29) is 5.91 Å². The van der Waals surface area contributed by atoms with E-state index in [0.717, 1.165) is 25.2 Å². The second-order valence-corrected chi connectivity index (χ2v) is 6.00. The molecule has 1 aliphatic rings. The van der Waals surface area contributed by atoms with Gasteiger partial charge < -0.3 is 4.90 Å². The summed E-state index contributed by atoms with van der Waals surface area (Å²) >= 11 is 0. The van der Waals surface area contributed by atoms with Crippen LogP contribution in [0.4, 0.5) is 0 Å². The van der Waals surface area contributed by atoms with E-state index >= 15 is 0 Å². The lowest BCUT2D eigenvalue weighted by atomic mass is 9.99. The van der Waals surface area contributed by atoms with E-state index in [4.69, 9.17) is 0 Å². The zero-order valence-corrected chi connectivity index (χ0v) is 13.0. The van der Waals surface area contributed by atoms with Crippen LogP contribution in [0.25, 0.3) is 5.65 Å². The average Bonchev–Trinajstić information content (AvgIpc) is 3.19. The molecular formula is C18H18N4O. The van der Waals surface area contributed by atoms with Crippen LogP contribution in [0.1, 0.15) is 34.0 Å². The van der Waals surface area contributed by atoms with Crippen LogP contribution in [0.2, 0.25) is 0 Å². The van der Waals surface area contributed by atoms with Crippen LogP contribution in [0.15, 0.2) is 48.8 Å². The molecule has 1 aliphatic heterocycles. The van der Waals surface area contributed by atoms with Crippen molar-refractivity contribution >= 4 is 11.6 Å². The Hall–Kier alpha value is -2.69. The Labute approximate surface area is 134 Å². The maximum absolute atomic E-state index is 13.0. The van der Waals surface area contributed by atoms with Crippen molar-refractivity contribution in [3.8, 4) is 0 Å². The lowest BCUT2D eigenvalue weighted by Gasteiger charge is -2.16. The molecule has 0 bridgehead atoms. The average molecular weight is 306 g/mol. The minimum absolute atomic E-state index is 0.0367. The number of aryl methyl sites for hydroxylation is 1. The first-order valence-electron chi connectivity index (χ1n) is 7.88. The van der Waals surface area contributed by atoms with E-state index in [1.807, 2.05) is 30.2 Å². The second-order valence-electron chi connectivity index (χ2n) is 6.00. The fourth-order valence-electron chi connectivity index (χ4n) is 3.35. The van der Waals surface area contributed by atoms with Crippen molar-refractivity contribution in [2.45, 2.75) is 19.3 Å². The summed E-state index contributed by atoms with van der Waals surface area (Å²) in [4.78, 5) is 19.2. The molecular weight excluding hydrogens is 288 g/mol. The Morgan fingerprint density at radius 2 is 2.04 bits per heavy atom. The first-order valence-corrected chi connectivity index (χ1v) is 7.88. The number of likely N-dealkylation sites (tertiary alicyclic amines) is 1. The van der Waals surface area contributed by atoms with Crippen molar-refractivity contribution in [1.82, 2.24) is 19.5 Å². The highest BCUT2D eigenvalue weighted by Crippen LogP contribution is 2.28. The summed E-state index contributed by atoms with van der Waals surface area (Å²) in [5.74, 6) is 0.449. The minimum Gasteiger partial charge on any atom is -0.338 e. The fraction of sp³-hybridized carbons (Fsp3) is 0.278. The summed E-state index contributed by atoms with van der Waals surface area (Å²) in [6, 6.07) is 12.2. The normalized spacial score (nSPS) is 17.8. The van der Waals surface area contributed by atoms with Gasteiger partial charge in [0.1, 0.15) is 5.56 Å². The molecule has 1 atom stereocenters. The largest absolute Gasteiger partial charge is 0.338 e. The Bertz CT molecular complexity index is 856. The van der Waals surface area contributed by atoms with Crippen molar-refractivity contribution in [3.05, 3.63) is 65.6 Å². The Morgan fingerprint density at radius 3 is 2.87 bits per heavy atom. The number of benzene rings is 1. The molecule has 1 saturated heterocycles. The van der Waals surface area contributed by atoms with Crippen LogP contribution < -0.4 is 0 Å². The molecule has 4 rings (SSSR count). The van der Waals surface area contributed by atoms with Crippen LogP contribution in [0.5, 0.6) is 0 Å². The fourth-order valence-corrected chi connectivity index (χ4v) is 3.35. The zero-order valence-electron chi connectivity index (χ0n) is 13.0.